The molecule has 121 valence electrons. The number of thiazole rings is 1. The van der Waals surface area contributed by atoms with Gasteiger partial charge in [0.2, 0.25) is 0 Å². The van der Waals surface area contributed by atoms with Crippen molar-refractivity contribution in [3.63, 3.8) is 0 Å². The maximum Gasteiger partial charge on any atom is 0.189 e. The van der Waals surface area contributed by atoms with Crippen LogP contribution in [0.15, 0.2) is 24.3 Å². The van der Waals surface area contributed by atoms with Crippen LogP contribution >= 0.6 is 11.3 Å². The van der Waals surface area contributed by atoms with Gasteiger partial charge < -0.3 is 16.0 Å². The Labute approximate surface area is 141 Å². The minimum atomic E-state index is 0.443. The molecule has 4 rings (SSSR count). The Morgan fingerprint density at radius 1 is 1.17 bits per heavy atom. The van der Waals surface area contributed by atoms with Crippen LogP contribution in [0, 0.1) is 11.3 Å². The topological polar surface area (TPSA) is 57.4 Å². The average Bonchev–Trinajstić information content (AvgIpc) is 3.29. The van der Waals surface area contributed by atoms with E-state index in [-0.39, 0.29) is 0 Å². The molecule has 0 bridgehead atoms. The first kappa shape index (κ1) is 14.8. The summed E-state index contributed by atoms with van der Waals surface area (Å²) >= 11 is 1.40. The van der Waals surface area contributed by atoms with E-state index in [9.17, 15) is 0 Å². The van der Waals surface area contributed by atoms with Gasteiger partial charge in [0, 0.05) is 44.1 Å². The Morgan fingerprint density at radius 3 is 2.52 bits per heavy atom. The van der Waals surface area contributed by atoms with Crippen molar-refractivity contribution in [1.82, 2.24) is 9.88 Å². The van der Waals surface area contributed by atoms with Gasteiger partial charge in [-0.05, 0) is 43.0 Å². The van der Waals surface area contributed by atoms with E-state index in [4.69, 9.17) is 5.73 Å². The van der Waals surface area contributed by atoms with Gasteiger partial charge in [0.05, 0.1) is 5.38 Å². The third-order valence-corrected chi connectivity index (χ3v) is 5.24. The Hall–Kier alpha value is -1.79. The summed E-state index contributed by atoms with van der Waals surface area (Å²) in [5.74, 6) is 1.43. The molecule has 1 saturated carbocycles. The minimum absolute atomic E-state index is 0.443. The normalized spacial score (nSPS) is 19.0. The molecular formula is C17H22N5S. The molecule has 23 heavy (non-hydrogen) atoms. The summed E-state index contributed by atoms with van der Waals surface area (Å²) in [7, 11) is 0. The van der Waals surface area contributed by atoms with Gasteiger partial charge in [0.15, 0.2) is 5.13 Å². The van der Waals surface area contributed by atoms with E-state index in [1.807, 2.05) is 0 Å². The highest BCUT2D eigenvalue weighted by Crippen LogP contribution is 2.30. The molecule has 5 nitrogen and oxygen atoms in total. The summed E-state index contributed by atoms with van der Waals surface area (Å²) in [6, 6.07) is 8.56. The van der Waals surface area contributed by atoms with Gasteiger partial charge in [0.1, 0.15) is 5.82 Å². The molecule has 1 aromatic heterocycles. The zero-order chi connectivity index (χ0) is 15.6. The molecule has 0 amide bonds. The van der Waals surface area contributed by atoms with Crippen molar-refractivity contribution < 1.29 is 0 Å². The molecule has 3 N–H and O–H groups in total. The van der Waals surface area contributed by atoms with Crippen molar-refractivity contribution in [2.45, 2.75) is 12.8 Å². The van der Waals surface area contributed by atoms with Gasteiger partial charge in [-0.15, -0.1) is 0 Å². The molecular weight excluding hydrogens is 306 g/mol. The molecule has 1 aliphatic heterocycles. The van der Waals surface area contributed by atoms with Crippen molar-refractivity contribution in [1.29, 1.82) is 0 Å². The average molecular weight is 328 g/mol. The number of benzene rings is 1. The first-order valence-corrected chi connectivity index (χ1v) is 9.06. The molecule has 1 radical (unpaired) electrons. The second kappa shape index (κ2) is 6.37. The second-order valence-corrected chi connectivity index (χ2v) is 7.20. The SMILES string of the molecule is Nc1[c]sc(Nc2ccc(N3CCN(CC4CC4)CC3)cc2)n1. The Bertz CT molecular complexity index is 641. The summed E-state index contributed by atoms with van der Waals surface area (Å²) in [6.45, 7) is 5.93. The largest absolute Gasteiger partial charge is 0.382 e. The number of aromatic nitrogens is 1. The molecule has 1 aliphatic carbocycles. The van der Waals surface area contributed by atoms with Gasteiger partial charge >= 0.3 is 0 Å². The van der Waals surface area contributed by atoms with Gasteiger partial charge in [0.25, 0.3) is 0 Å². The fourth-order valence-electron chi connectivity index (χ4n) is 3.04. The number of nitrogens with one attached hydrogen (secondary N) is 1. The van der Waals surface area contributed by atoms with Crippen LogP contribution in [0.4, 0.5) is 22.3 Å². The summed E-state index contributed by atoms with van der Waals surface area (Å²) in [5.41, 5.74) is 7.92. The fraction of sp³-hybridized carbons (Fsp3) is 0.471. The summed E-state index contributed by atoms with van der Waals surface area (Å²) < 4.78 is 0. The Kier molecular flexibility index (Phi) is 4.10. The molecule has 2 fully saturated rings. The maximum absolute atomic E-state index is 5.59. The summed E-state index contributed by atoms with van der Waals surface area (Å²) in [6.07, 6.45) is 2.88. The third kappa shape index (κ3) is 3.76. The number of nitrogen functional groups attached to an aromatic ring is 1. The molecule has 0 atom stereocenters. The third-order valence-electron chi connectivity index (χ3n) is 4.54. The molecule has 1 aromatic carbocycles. The fourth-order valence-corrected chi connectivity index (χ4v) is 3.60. The van der Waals surface area contributed by atoms with Crippen LogP contribution in [-0.4, -0.2) is 42.6 Å². The van der Waals surface area contributed by atoms with E-state index in [0.717, 1.165) is 29.8 Å². The predicted octanol–water partition coefficient (Wildman–Crippen LogP) is 2.80. The van der Waals surface area contributed by atoms with Crippen LogP contribution in [-0.2, 0) is 0 Å². The highest BCUT2D eigenvalue weighted by atomic mass is 32.1. The summed E-state index contributed by atoms with van der Waals surface area (Å²) in [5, 5.41) is 6.95. The quantitative estimate of drug-likeness (QED) is 0.884. The highest BCUT2D eigenvalue weighted by molar-refractivity contribution is 7.13. The number of hydrogen-bond acceptors (Lipinski definition) is 6. The lowest BCUT2D eigenvalue weighted by Gasteiger charge is -2.36. The van der Waals surface area contributed by atoms with Crippen LogP contribution in [0.5, 0.6) is 0 Å². The van der Waals surface area contributed by atoms with Crippen molar-refractivity contribution in [2.75, 3.05) is 48.7 Å². The number of piperazine rings is 1. The van der Waals surface area contributed by atoms with Gasteiger partial charge in [-0.2, -0.15) is 0 Å². The van der Waals surface area contributed by atoms with Gasteiger partial charge in [-0.3, -0.25) is 4.90 Å². The number of rotatable bonds is 5. The van der Waals surface area contributed by atoms with Crippen molar-refractivity contribution in [3.05, 3.63) is 29.6 Å². The first-order chi connectivity index (χ1) is 11.3. The molecule has 0 unspecified atom stereocenters. The molecule has 2 aliphatic rings. The van der Waals surface area contributed by atoms with Crippen molar-refractivity contribution in [2.24, 2.45) is 5.92 Å². The van der Waals surface area contributed by atoms with Crippen LogP contribution in [0.1, 0.15) is 12.8 Å². The molecule has 0 spiro atoms. The van der Waals surface area contributed by atoms with Crippen LogP contribution in [0.2, 0.25) is 0 Å². The predicted molar refractivity (Wildman–Crippen MR) is 96.5 cm³/mol. The van der Waals surface area contributed by atoms with Crippen molar-refractivity contribution in [3.8, 4) is 0 Å². The van der Waals surface area contributed by atoms with E-state index in [2.05, 4.69) is 49.7 Å². The van der Waals surface area contributed by atoms with Crippen LogP contribution in [0.3, 0.4) is 0 Å². The molecule has 2 heterocycles. The minimum Gasteiger partial charge on any atom is -0.382 e. The number of anilines is 4. The van der Waals surface area contributed by atoms with Crippen LogP contribution < -0.4 is 16.0 Å². The lowest BCUT2D eigenvalue weighted by molar-refractivity contribution is 0.248. The van der Waals surface area contributed by atoms with E-state index in [1.54, 1.807) is 0 Å². The lowest BCUT2D eigenvalue weighted by atomic mass is 10.2. The second-order valence-electron chi connectivity index (χ2n) is 6.41. The molecule has 1 saturated heterocycles. The Balaban J connectivity index is 1.32. The molecule has 2 aromatic rings. The number of hydrogen-bond donors (Lipinski definition) is 2. The lowest BCUT2D eigenvalue weighted by Crippen LogP contribution is -2.47. The maximum atomic E-state index is 5.59. The van der Waals surface area contributed by atoms with E-state index >= 15 is 0 Å². The Morgan fingerprint density at radius 2 is 1.91 bits per heavy atom. The van der Waals surface area contributed by atoms with E-state index < -0.39 is 0 Å². The number of nitrogens with zero attached hydrogens (tertiary/aromatic N) is 3. The first-order valence-electron chi connectivity index (χ1n) is 8.24. The smallest absolute Gasteiger partial charge is 0.189 e. The van der Waals surface area contributed by atoms with Gasteiger partial charge in [-0.1, -0.05) is 11.3 Å². The van der Waals surface area contributed by atoms with Crippen molar-refractivity contribution >= 4 is 33.7 Å². The van der Waals surface area contributed by atoms with Crippen LogP contribution in [0.25, 0.3) is 0 Å². The van der Waals surface area contributed by atoms with Gasteiger partial charge in [-0.25, -0.2) is 4.98 Å². The van der Waals surface area contributed by atoms with E-state index in [1.165, 1.54) is 49.5 Å². The monoisotopic (exact) mass is 328 g/mol. The highest BCUT2D eigenvalue weighted by Gasteiger charge is 2.26. The zero-order valence-electron chi connectivity index (χ0n) is 13.2. The zero-order valence-corrected chi connectivity index (χ0v) is 14.0. The standard InChI is InChI=1S/C17H22N5S/c18-16-12-23-17(20-16)19-14-3-5-15(6-4-14)22-9-7-21(8-10-22)11-13-1-2-13/h3-6,13H,1-2,7-11,18H2,(H,19,20). The molecule has 6 heteroatoms. The number of nitrogens with two attached hydrogens (primary N) is 1. The summed E-state index contributed by atoms with van der Waals surface area (Å²) in [4.78, 5) is 9.26. The van der Waals surface area contributed by atoms with E-state index in [0.29, 0.717) is 5.82 Å².